The number of hydrogen-bond donors (Lipinski definition) is 4. The van der Waals surface area contributed by atoms with E-state index in [9.17, 15) is 5.26 Å². The smallest absolute Gasteiger partial charge is 0.124 e. The molecule has 2 atom stereocenters. The number of nitriles is 1. The molecule has 2 aromatic carbocycles. The number of hydrogen-bond acceptors (Lipinski definition) is 5. The third kappa shape index (κ3) is 3.82. The first-order valence-electron chi connectivity index (χ1n) is 11.8. The van der Waals surface area contributed by atoms with Crippen LogP contribution in [0.1, 0.15) is 55.1 Å². The Labute approximate surface area is 192 Å². The predicted octanol–water partition coefficient (Wildman–Crippen LogP) is 4.54. The molecule has 2 fully saturated rings. The van der Waals surface area contributed by atoms with Crippen LogP contribution in [-0.2, 0) is 6.42 Å². The molecule has 0 spiro atoms. The van der Waals surface area contributed by atoms with Gasteiger partial charge in [-0.25, -0.2) is 9.97 Å². The van der Waals surface area contributed by atoms with Crippen molar-refractivity contribution in [3.05, 3.63) is 59.8 Å². The summed E-state index contributed by atoms with van der Waals surface area (Å²) in [7, 11) is 0. The molecule has 6 rings (SSSR count). The van der Waals surface area contributed by atoms with Gasteiger partial charge in [0.25, 0.3) is 0 Å². The van der Waals surface area contributed by atoms with Crippen LogP contribution in [0.2, 0.25) is 0 Å². The highest BCUT2D eigenvalue weighted by atomic mass is 15.1. The van der Waals surface area contributed by atoms with Gasteiger partial charge in [0.15, 0.2) is 0 Å². The molecule has 4 N–H and O–H groups in total. The normalized spacial score (nSPS) is 20.5. The first kappa shape index (κ1) is 20.2. The molecular weight excluding hydrogens is 410 g/mol. The molecule has 0 radical (unpaired) electrons. The molecule has 2 saturated heterocycles. The van der Waals surface area contributed by atoms with E-state index in [1.807, 2.05) is 0 Å². The Bertz CT molecular complexity index is 1310. The van der Waals surface area contributed by atoms with Crippen molar-refractivity contribution < 1.29 is 0 Å². The van der Waals surface area contributed by atoms with Crippen LogP contribution < -0.4 is 10.6 Å². The molecule has 2 aliphatic rings. The van der Waals surface area contributed by atoms with E-state index >= 15 is 0 Å². The van der Waals surface area contributed by atoms with Crippen molar-refractivity contribution in [3.63, 3.8) is 0 Å². The van der Waals surface area contributed by atoms with Crippen molar-refractivity contribution in [2.24, 2.45) is 0 Å². The number of aromatic amines is 2. The minimum Gasteiger partial charge on any atom is -0.343 e. The van der Waals surface area contributed by atoms with Crippen molar-refractivity contribution >= 4 is 11.0 Å². The minimum atomic E-state index is 0.251. The molecular formula is C26H27N7. The zero-order chi connectivity index (χ0) is 22.2. The monoisotopic (exact) mass is 437 g/mol. The van der Waals surface area contributed by atoms with E-state index < -0.39 is 0 Å². The maximum Gasteiger partial charge on any atom is 0.124 e. The van der Waals surface area contributed by atoms with Gasteiger partial charge in [0, 0.05) is 5.56 Å². The van der Waals surface area contributed by atoms with Crippen LogP contribution in [0.15, 0.2) is 42.5 Å². The van der Waals surface area contributed by atoms with E-state index in [-0.39, 0.29) is 6.04 Å². The number of imidazole rings is 2. The van der Waals surface area contributed by atoms with Crippen LogP contribution in [0.3, 0.4) is 0 Å². The average molecular weight is 438 g/mol. The lowest BCUT2D eigenvalue weighted by Gasteiger charge is -2.05. The summed E-state index contributed by atoms with van der Waals surface area (Å²) in [5.74, 6) is 1.97. The maximum absolute atomic E-state index is 9.29. The summed E-state index contributed by atoms with van der Waals surface area (Å²) in [6, 6.07) is 17.7. The van der Waals surface area contributed by atoms with Gasteiger partial charge in [-0.15, -0.1) is 0 Å². The summed E-state index contributed by atoms with van der Waals surface area (Å²) < 4.78 is 0. The molecule has 0 amide bonds. The van der Waals surface area contributed by atoms with E-state index in [4.69, 9.17) is 9.97 Å². The number of nitrogens with zero attached hydrogens (tertiary/aromatic N) is 3. The summed E-state index contributed by atoms with van der Waals surface area (Å²) in [4.78, 5) is 16.6. The first-order valence-corrected chi connectivity index (χ1v) is 11.8. The highest BCUT2D eigenvalue weighted by Gasteiger charge is 2.22. The molecule has 0 aliphatic carbocycles. The Morgan fingerprint density at radius 2 is 1.48 bits per heavy atom. The van der Waals surface area contributed by atoms with Gasteiger partial charge < -0.3 is 20.6 Å². The third-order valence-corrected chi connectivity index (χ3v) is 6.83. The van der Waals surface area contributed by atoms with Crippen molar-refractivity contribution in [3.8, 4) is 28.5 Å². The number of fused-ring (bicyclic) bond motifs is 1. The van der Waals surface area contributed by atoms with Gasteiger partial charge in [-0.3, -0.25) is 0 Å². The molecule has 0 bridgehead atoms. The Hall–Kier alpha value is -3.47. The number of H-pyrrole nitrogens is 2. The van der Waals surface area contributed by atoms with Gasteiger partial charge in [0.1, 0.15) is 11.6 Å². The number of nitrogens with one attached hydrogen (secondary N) is 4. The first-order chi connectivity index (χ1) is 16.3. The molecule has 33 heavy (non-hydrogen) atoms. The lowest BCUT2D eigenvalue weighted by molar-refractivity contribution is 0.611. The van der Waals surface area contributed by atoms with Crippen molar-refractivity contribution in [1.82, 2.24) is 30.6 Å². The third-order valence-electron chi connectivity index (χ3n) is 6.83. The molecule has 4 heterocycles. The molecule has 2 aliphatic heterocycles. The topological polar surface area (TPSA) is 105 Å². The molecule has 0 unspecified atom stereocenters. The standard InChI is InChI=1S/C26H27N7/c27-12-11-20-24(33-26(31-20)22-4-2-14-29-22)17-7-5-16(6-8-17)18-9-10-19-23(15-18)32-25(30-19)21-3-1-13-28-21/h5-10,15,21-22,28-29H,1-4,11,13-14H2,(H,30,32)(H,31,33)/t21-,22-/m0/s1. The van der Waals surface area contributed by atoms with Crippen LogP contribution in [0.5, 0.6) is 0 Å². The lowest BCUT2D eigenvalue weighted by atomic mass is 10.0. The Morgan fingerprint density at radius 1 is 0.818 bits per heavy atom. The minimum absolute atomic E-state index is 0.251. The molecule has 7 nitrogen and oxygen atoms in total. The second-order valence-corrected chi connectivity index (χ2v) is 9.01. The Balaban J connectivity index is 1.29. The Morgan fingerprint density at radius 3 is 2.15 bits per heavy atom. The van der Waals surface area contributed by atoms with Gasteiger partial charge in [-0.05, 0) is 62.0 Å². The fourth-order valence-electron chi connectivity index (χ4n) is 5.07. The second-order valence-electron chi connectivity index (χ2n) is 9.01. The SMILES string of the molecule is N#CCc1[nH]c([C@@H]2CCCN2)nc1-c1ccc(-c2ccc3nc([C@@H]4CCCN4)[nH]c3c2)cc1. The van der Waals surface area contributed by atoms with E-state index in [1.165, 1.54) is 6.42 Å². The van der Waals surface area contributed by atoms with E-state index in [1.54, 1.807) is 0 Å². The summed E-state index contributed by atoms with van der Waals surface area (Å²) in [6.07, 6.45) is 4.89. The maximum atomic E-state index is 9.29. The zero-order valence-corrected chi connectivity index (χ0v) is 18.5. The van der Waals surface area contributed by atoms with Crippen LogP contribution in [0.25, 0.3) is 33.4 Å². The van der Waals surface area contributed by atoms with E-state index in [0.717, 1.165) is 83.1 Å². The van der Waals surface area contributed by atoms with Gasteiger partial charge in [0.05, 0.1) is 47.0 Å². The highest BCUT2D eigenvalue weighted by molar-refractivity contribution is 5.82. The number of rotatable bonds is 5. The fraction of sp³-hybridized carbons (Fsp3) is 0.346. The lowest BCUT2D eigenvalue weighted by Crippen LogP contribution is -2.14. The largest absolute Gasteiger partial charge is 0.343 e. The van der Waals surface area contributed by atoms with Crippen LogP contribution in [0, 0.1) is 11.3 Å². The van der Waals surface area contributed by atoms with Crippen molar-refractivity contribution in [2.75, 3.05) is 13.1 Å². The molecule has 0 saturated carbocycles. The van der Waals surface area contributed by atoms with Gasteiger partial charge in [-0.1, -0.05) is 30.3 Å². The number of aromatic nitrogens is 4. The predicted molar refractivity (Wildman–Crippen MR) is 128 cm³/mol. The number of benzene rings is 2. The Kier molecular flexibility index (Phi) is 5.17. The highest BCUT2D eigenvalue weighted by Crippen LogP contribution is 2.31. The summed E-state index contributed by atoms with van der Waals surface area (Å²) >= 11 is 0. The van der Waals surface area contributed by atoms with Crippen molar-refractivity contribution in [1.29, 1.82) is 5.26 Å². The zero-order valence-electron chi connectivity index (χ0n) is 18.5. The summed E-state index contributed by atoms with van der Waals surface area (Å²) in [5, 5.41) is 16.3. The van der Waals surface area contributed by atoms with Crippen LogP contribution >= 0.6 is 0 Å². The summed E-state index contributed by atoms with van der Waals surface area (Å²) in [6.45, 7) is 2.08. The van der Waals surface area contributed by atoms with Crippen LogP contribution in [-0.4, -0.2) is 33.0 Å². The molecule has 7 heteroatoms. The second kappa shape index (κ2) is 8.47. The van der Waals surface area contributed by atoms with Gasteiger partial charge >= 0.3 is 0 Å². The quantitative estimate of drug-likeness (QED) is 0.367. The molecule has 166 valence electrons. The average Bonchev–Trinajstić information content (AvgIpc) is 3.65. The van der Waals surface area contributed by atoms with Crippen LogP contribution in [0.4, 0.5) is 0 Å². The van der Waals surface area contributed by atoms with E-state index in [0.29, 0.717) is 12.5 Å². The fourth-order valence-corrected chi connectivity index (χ4v) is 5.07. The summed E-state index contributed by atoms with van der Waals surface area (Å²) in [5.41, 5.74) is 7.17. The van der Waals surface area contributed by atoms with Gasteiger partial charge in [0.2, 0.25) is 0 Å². The van der Waals surface area contributed by atoms with E-state index in [2.05, 4.69) is 69.1 Å². The molecule has 2 aromatic heterocycles. The van der Waals surface area contributed by atoms with Crippen molar-refractivity contribution in [2.45, 2.75) is 44.2 Å². The van der Waals surface area contributed by atoms with Gasteiger partial charge in [-0.2, -0.15) is 5.26 Å². The molecule has 4 aromatic rings.